The lowest BCUT2D eigenvalue weighted by molar-refractivity contribution is -0.385. The molecule has 1 aliphatic rings. The van der Waals surface area contributed by atoms with Gasteiger partial charge < -0.3 is 4.90 Å². The van der Waals surface area contributed by atoms with Gasteiger partial charge in [0.15, 0.2) is 0 Å². The summed E-state index contributed by atoms with van der Waals surface area (Å²) < 4.78 is 13.2. The largest absolute Gasteiger partial charge is 0.338 e. The van der Waals surface area contributed by atoms with Crippen molar-refractivity contribution in [2.75, 3.05) is 13.1 Å². The smallest absolute Gasteiger partial charge is 0.282 e. The Morgan fingerprint density at radius 1 is 1.42 bits per heavy atom. The summed E-state index contributed by atoms with van der Waals surface area (Å²) in [6.07, 6.45) is 1.74. The number of nitro groups is 1. The van der Waals surface area contributed by atoms with Crippen LogP contribution in [0.25, 0.3) is 0 Å². The second-order valence-electron chi connectivity index (χ2n) is 4.89. The number of amides is 1. The van der Waals surface area contributed by atoms with Crippen molar-refractivity contribution in [1.82, 2.24) is 4.90 Å². The van der Waals surface area contributed by atoms with E-state index in [-0.39, 0.29) is 11.3 Å². The van der Waals surface area contributed by atoms with E-state index >= 15 is 0 Å². The maximum atomic E-state index is 13.2. The minimum atomic E-state index is -0.654. The maximum absolute atomic E-state index is 13.2. The zero-order valence-corrected chi connectivity index (χ0v) is 10.6. The Morgan fingerprint density at radius 2 is 2.05 bits per heavy atom. The van der Waals surface area contributed by atoms with Crippen LogP contribution in [0, 0.1) is 21.8 Å². The molecule has 5 nitrogen and oxygen atoms in total. The van der Waals surface area contributed by atoms with E-state index in [1.807, 2.05) is 0 Å². The van der Waals surface area contributed by atoms with E-state index in [0.717, 1.165) is 31.0 Å². The molecule has 0 N–H and O–H groups in total. The SMILES string of the molecule is CC1CCN(C(=O)c2cc(F)ccc2[N+](=O)[O-])CC1. The molecule has 1 heterocycles. The quantitative estimate of drug-likeness (QED) is 0.610. The first kappa shape index (κ1) is 13.5. The summed E-state index contributed by atoms with van der Waals surface area (Å²) in [5.74, 6) is -0.552. The fourth-order valence-electron chi connectivity index (χ4n) is 2.22. The lowest BCUT2D eigenvalue weighted by Crippen LogP contribution is -2.38. The molecule has 0 unspecified atom stereocenters. The van der Waals surface area contributed by atoms with Gasteiger partial charge >= 0.3 is 0 Å². The van der Waals surface area contributed by atoms with E-state index in [9.17, 15) is 19.3 Å². The Hall–Kier alpha value is -1.98. The lowest BCUT2D eigenvalue weighted by Gasteiger charge is -2.30. The van der Waals surface area contributed by atoms with Gasteiger partial charge in [-0.2, -0.15) is 0 Å². The number of benzene rings is 1. The molecule has 1 saturated heterocycles. The van der Waals surface area contributed by atoms with Crippen LogP contribution in [0.4, 0.5) is 10.1 Å². The van der Waals surface area contributed by atoms with Crippen molar-refractivity contribution in [2.24, 2.45) is 5.92 Å². The van der Waals surface area contributed by atoms with Crippen molar-refractivity contribution >= 4 is 11.6 Å². The third-order valence-corrected chi connectivity index (χ3v) is 3.46. The Bertz CT molecular complexity index is 511. The molecule has 0 aromatic heterocycles. The predicted octanol–water partition coefficient (Wildman–Crippen LogP) is 2.61. The summed E-state index contributed by atoms with van der Waals surface area (Å²) in [4.78, 5) is 24.0. The Labute approximate surface area is 110 Å². The summed E-state index contributed by atoms with van der Waals surface area (Å²) in [6, 6.07) is 2.97. The average molecular weight is 266 g/mol. The van der Waals surface area contributed by atoms with Gasteiger partial charge in [-0.25, -0.2) is 4.39 Å². The summed E-state index contributed by atoms with van der Waals surface area (Å²) in [6.45, 7) is 3.23. The molecule has 102 valence electrons. The van der Waals surface area contributed by atoms with Crippen LogP contribution in [0.1, 0.15) is 30.1 Å². The third kappa shape index (κ3) is 2.89. The first-order valence-corrected chi connectivity index (χ1v) is 6.22. The van der Waals surface area contributed by atoms with E-state index in [2.05, 4.69) is 6.92 Å². The average Bonchev–Trinajstić information content (AvgIpc) is 2.38. The molecule has 0 bridgehead atoms. The van der Waals surface area contributed by atoms with Gasteiger partial charge in [0.1, 0.15) is 11.4 Å². The first-order valence-electron chi connectivity index (χ1n) is 6.22. The molecule has 1 fully saturated rings. The van der Waals surface area contributed by atoms with Gasteiger partial charge in [-0.1, -0.05) is 6.92 Å². The summed E-state index contributed by atoms with van der Waals surface area (Å²) in [7, 11) is 0. The van der Waals surface area contributed by atoms with Gasteiger partial charge in [0, 0.05) is 19.2 Å². The van der Waals surface area contributed by atoms with Crippen molar-refractivity contribution in [2.45, 2.75) is 19.8 Å². The topological polar surface area (TPSA) is 63.5 Å². The molecule has 19 heavy (non-hydrogen) atoms. The molecule has 1 aliphatic heterocycles. The normalized spacial score (nSPS) is 16.4. The molecule has 1 aromatic rings. The van der Waals surface area contributed by atoms with Gasteiger partial charge in [-0.3, -0.25) is 14.9 Å². The molecule has 0 spiro atoms. The number of nitro benzene ring substituents is 1. The van der Waals surface area contributed by atoms with E-state index in [0.29, 0.717) is 19.0 Å². The Kier molecular flexibility index (Phi) is 3.78. The zero-order chi connectivity index (χ0) is 14.0. The van der Waals surface area contributed by atoms with E-state index in [1.165, 1.54) is 0 Å². The minimum absolute atomic E-state index is 0.167. The highest BCUT2D eigenvalue weighted by Gasteiger charge is 2.27. The predicted molar refractivity (Wildman–Crippen MR) is 67.4 cm³/mol. The third-order valence-electron chi connectivity index (χ3n) is 3.46. The van der Waals surface area contributed by atoms with Crippen LogP contribution in [0.5, 0.6) is 0 Å². The monoisotopic (exact) mass is 266 g/mol. The summed E-state index contributed by atoms with van der Waals surface area (Å²) in [5, 5.41) is 10.9. The number of nitrogens with zero attached hydrogens (tertiary/aromatic N) is 2. The highest BCUT2D eigenvalue weighted by atomic mass is 19.1. The highest BCUT2D eigenvalue weighted by molar-refractivity contribution is 5.98. The van der Waals surface area contributed by atoms with Crippen LogP contribution in [0.2, 0.25) is 0 Å². The molecule has 0 aliphatic carbocycles. The molecule has 0 saturated carbocycles. The van der Waals surface area contributed by atoms with Crippen LogP contribution < -0.4 is 0 Å². The molecule has 0 radical (unpaired) electrons. The zero-order valence-electron chi connectivity index (χ0n) is 10.6. The number of hydrogen-bond donors (Lipinski definition) is 0. The molecular weight excluding hydrogens is 251 g/mol. The Balaban J connectivity index is 2.27. The lowest BCUT2D eigenvalue weighted by atomic mass is 9.98. The van der Waals surface area contributed by atoms with Crippen molar-refractivity contribution in [3.05, 3.63) is 39.7 Å². The molecule has 1 amide bonds. The molecule has 1 aromatic carbocycles. The van der Waals surface area contributed by atoms with Crippen LogP contribution in [-0.2, 0) is 0 Å². The van der Waals surface area contributed by atoms with Gasteiger partial charge in [0.05, 0.1) is 4.92 Å². The van der Waals surface area contributed by atoms with Crippen LogP contribution in [0.15, 0.2) is 18.2 Å². The number of carbonyl (C=O) groups excluding carboxylic acids is 1. The van der Waals surface area contributed by atoms with Crippen LogP contribution >= 0.6 is 0 Å². The molecule has 0 atom stereocenters. The summed E-state index contributed by atoms with van der Waals surface area (Å²) in [5.41, 5.74) is -0.510. The number of hydrogen-bond acceptors (Lipinski definition) is 3. The number of likely N-dealkylation sites (tertiary alicyclic amines) is 1. The van der Waals surface area contributed by atoms with Crippen LogP contribution in [0.3, 0.4) is 0 Å². The number of piperidine rings is 1. The number of rotatable bonds is 2. The van der Waals surface area contributed by atoms with Gasteiger partial charge in [-0.05, 0) is 30.9 Å². The van der Waals surface area contributed by atoms with Crippen molar-refractivity contribution in [3.63, 3.8) is 0 Å². The van der Waals surface area contributed by atoms with E-state index in [4.69, 9.17) is 0 Å². The first-order chi connectivity index (χ1) is 8.99. The Morgan fingerprint density at radius 3 is 2.63 bits per heavy atom. The van der Waals surface area contributed by atoms with Crippen molar-refractivity contribution in [3.8, 4) is 0 Å². The minimum Gasteiger partial charge on any atom is -0.338 e. The molecule has 2 rings (SSSR count). The highest BCUT2D eigenvalue weighted by Crippen LogP contribution is 2.24. The standard InChI is InChI=1S/C13H15FN2O3/c1-9-4-6-15(7-5-9)13(17)11-8-10(14)2-3-12(11)16(18)19/h2-3,8-9H,4-7H2,1H3. The van der Waals surface area contributed by atoms with Gasteiger partial charge in [0.25, 0.3) is 11.6 Å². The second kappa shape index (κ2) is 5.34. The number of halogens is 1. The fourth-order valence-corrected chi connectivity index (χ4v) is 2.22. The maximum Gasteiger partial charge on any atom is 0.282 e. The van der Waals surface area contributed by atoms with E-state index < -0.39 is 16.6 Å². The van der Waals surface area contributed by atoms with Crippen molar-refractivity contribution in [1.29, 1.82) is 0 Å². The van der Waals surface area contributed by atoms with E-state index in [1.54, 1.807) is 4.90 Å². The fraction of sp³-hybridized carbons (Fsp3) is 0.462. The second-order valence-corrected chi connectivity index (χ2v) is 4.89. The van der Waals surface area contributed by atoms with Gasteiger partial charge in [0.2, 0.25) is 0 Å². The number of carbonyl (C=O) groups is 1. The van der Waals surface area contributed by atoms with Crippen molar-refractivity contribution < 1.29 is 14.1 Å². The van der Waals surface area contributed by atoms with Crippen LogP contribution in [-0.4, -0.2) is 28.8 Å². The molecule has 6 heteroatoms. The van der Waals surface area contributed by atoms with Gasteiger partial charge in [-0.15, -0.1) is 0 Å². The summed E-state index contributed by atoms with van der Waals surface area (Å²) >= 11 is 0. The molecular formula is C13H15FN2O3.